The topological polar surface area (TPSA) is 46.2 Å². The van der Waals surface area contributed by atoms with Gasteiger partial charge in [0.25, 0.3) is 5.91 Å². The lowest BCUT2D eigenvalue weighted by Gasteiger charge is -2.08. The number of hydrogen-bond donors (Lipinski definition) is 1. The first kappa shape index (κ1) is 18.9. The lowest BCUT2D eigenvalue weighted by Crippen LogP contribution is -2.11. The van der Waals surface area contributed by atoms with Gasteiger partial charge in [0.1, 0.15) is 0 Å². The van der Waals surface area contributed by atoms with Crippen LogP contribution in [0.15, 0.2) is 83.8 Å². The number of ketones is 1. The quantitative estimate of drug-likeness (QED) is 0.439. The molecule has 0 unspecified atom stereocenters. The SMILES string of the molecule is CCc1ccc(NC(=O)c2cccc(SCC(=O)c3ccccc3)c2)cc1. The van der Waals surface area contributed by atoms with E-state index in [-0.39, 0.29) is 11.7 Å². The molecular weight excluding hydrogens is 354 g/mol. The molecule has 0 fully saturated rings. The summed E-state index contributed by atoms with van der Waals surface area (Å²) in [7, 11) is 0. The minimum Gasteiger partial charge on any atom is -0.322 e. The molecule has 27 heavy (non-hydrogen) atoms. The Hall–Kier alpha value is -2.85. The second kappa shape index (κ2) is 9.19. The van der Waals surface area contributed by atoms with Crippen molar-refractivity contribution < 1.29 is 9.59 Å². The molecule has 1 amide bonds. The number of anilines is 1. The normalized spacial score (nSPS) is 10.4. The number of aryl methyl sites for hydroxylation is 1. The molecule has 0 saturated carbocycles. The maximum atomic E-state index is 12.5. The largest absolute Gasteiger partial charge is 0.322 e. The van der Waals surface area contributed by atoms with E-state index in [9.17, 15) is 9.59 Å². The number of carbonyl (C=O) groups is 2. The third-order valence-corrected chi connectivity index (χ3v) is 5.18. The molecule has 0 aliphatic heterocycles. The fraction of sp³-hybridized carbons (Fsp3) is 0.130. The van der Waals surface area contributed by atoms with Crippen molar-refractivity contribution in [2.45, 2.75) is 18.2 Å². The number of thioether (sulfide) groups is 1. The number of nitrogens with one attached hydrogen (secondary N) is 1. The number of Topliss-reactive ketones (excluding diaryl/α,β-unsaturated/α-hetero) is 1. The number of amides is 1. The van der Waals surface area contributed by atoms with E-state index >= 15 is 0 Å². The van der Waals surface area contributed by atoms with Crippen molar-refractivity contribution in [3.05, 3.63) is 95.6 Å². The summed E-state index contributed by atoms with van der Waals surface area (Å²) in [4.78, 5) is 25.6. The molecule has 0 aliphatic carbocycles. The highest BCUT2D eigenvalue weighted by Crippen LogP contribution is 2.21. The summed E-state index contributed by atoms with van der Waals surface area (Å²) in [5.41, 5.74) is 3.28. The molecule has 0 saturated heterocycles. The van der Waals surface area contributed by atoms with Gasteiger partial charge in [-0.05, 0) is 42.3 Å². The first-order valence-corrected chi connectivity index (χ1v) is 9.85. The zero-order chi connectivity index (χ0) is 19.1. The van der Waals surface area contributed by atoms with Crippen LogP contribution in [0.3, 0.4) is 0 Å². The van der Waals surface area contributed by atoms with Crippen molar-refractivity contribution in [3.8, 4) is 0 Å². The molecule has 0 heterocycles. The Kier molecular flexibility index (Phi) is 6.44. The molecule has 3 aromatic rings. The smallest absolute Gasteiger partial charge is 0.255 e. The van der Waals surface area contributed by atoms with E-state index < -0.39 is 0 Å². The number of carbonyl (C=O) groups excluding carboxylic acids is 2. The number of benzene rings is 3. The van der Waals surface area contributed by atoms with Crippen molar-refractivity contribution in [1.82, 2.24) is 0 Å². The van der Waals surface area contributed by atoms with E-state index in [4.69, 9.17) is 0 Å². The molecule has 3 aromatic carbocycles. The Labute approximate surface area is 163 Å². The van der Waals surface area contributed by atoms with Crippen LogP contribution in [0.1, 0.15) is 33.2 Å². The molecule has 0 aromatic heterocycles. The molecule has 3 rings (SSSR count). The van der Waals surface area contributed by atoms with E-state index in [2.05, 4.69) is 12.2 Å². The number of rotatable bonds is 7. The monoisotopic (exact) mass is 375 g/mol. The third kappa shape index (κ3) is 5.31. The second-order valence-corrected chi connectivity index (χ2v) is 7.16. The van der Waals surface area contributed by atoms with Gasteiger partial charge in [0, 0.05) is 21.7 Å². The average molecular weight is 375 g/mol. The van der Waals surface area contributed by atoms with Gasteiger partial charge in [-0.15, -0.1) is 11.8 Å². The van der Waals surface area contributed by atoms with E-state index in [1.807, 2.05) is 72.8 Å². The molecule has 0 bridgehead atoms. The number of hydrogen-bond acceptors (Lipinski definition) is 3. The van der Waals surface area contributed by atoms with Crippen molar-refractivity contribution in [1.29, 1.82) is 0 Å². The van der Waals surface area contributed by atoms with Gasteiger partial charge >= 0.3 is 0 Å². The van der Waals surface area contributed by atoms with Gasteiger partial charge < -0.3 is 5.32 Å². The predicted molar refractivity (Wildman–Crippen MR) is 112 cm³/mol. The Morgan fingerprint density at radius 3 is 2.26 bits per heavy atom. The Morgan fingerprint density at radius 1 is 0.852 bits per heavy atom. The van der Waals surface area contributed by atoms with Crippen LogP contribution in [-0.4, -0.2) is 17.4 Å². The van der Waals surface area contributed by atoms with Crippen LogP contribution in [0, 0.1) is 0 Å². The zero-order valence-corrected chi connectivity index (χ0v) is 16.0. The molecule has 136 valence electrons. The average Bonchev–Trinajstić information content (AvgIpc) is 2.73. The minimum absolute atomic E-state index is 0.0754. The Balaban J connectivity index is 1.62. The molecule has 0 aliphatic rings. The van der Waals surface area contributed by atoms with Crippen LogP contribution in [0.2, 0.25) is 0 Å². The highest BCUT2D eigenvalue weighted by Gasteiger charge is 2.09. The van der Waals surface area contributed by atoms with E-state index in [0.29, 0.717) is 16.9 Å². The molecule has 0 atom stereocenters. The van der Waals surface area contributed by atoms with Gasteiger partial charge in [-0.2, -0.15) is 0 Å². The minimum atomic E-state index is -0.156. The molecule has 0 radical (unpaired) electrons. The van der Waals surface area contributed by atoms with Crippen LogP contribution >= 0.6 is 11.8 Å². The van der Waals surface area contributed by atoms with E-state index in [1.165, 1.54) is 17.3 Å². The summed E-state index contributed by atoms with van der Waals surface area (Å²) in [6.45, 7) is 2.10. The van der Waals surface area contributed by atoms with Crippen molar-refractivity contribution >= 4 is 29.1 Å². The van der Waals surface area contributed by atoms with Crippen molar-refractivity contribution in [2.75, 3.05) is 11.1 Å². The summed E-state index contributed by atoms with van der Waals surface area (Å²) in [6, 6.07) is 24.4. The zero-order valence-electron chi connectivity index (χ0n) is 15.1. The summed E-state index contributed by atoms with van der Waals surface area (Å²) in [5, 5.41) is 2.91. The van der Waals surface area contributed by atoms with Gasteiger partial charge in [-0.3, -0.25) is 9.59 Å². The lowest BCUT2D eigenvalue weighted by molar-refractivity contribution is 0.101. The molecule has 1 N–H and O–H groups in total. The van der Waals surface area contributed by atoms with Crippen molar-refractivity contribution in [3.63, 3.8) is 0 Å². The molecule has 3 nitrogen and oxygen atoms in total. The first-order valence-electron chi connectivity index (χ1n) is 8.87. The lowest BCUT2D eigenvalue weighted by atomic mass is 10.1. The van der Waals surface area contributed by atoms with Crippen molar-refractivity contribution in [2.24, 2.45) is 0 Å². The van der Waals surface area contributed by atoms with Crippen LogP contribution in [0.25, 0.3) is 0 Å². The van der Waals surface area contributed by atoms with Crippen LogP contribution in [0.4, 0.5) is 5.69 Å². The third-order valence-electron chi connectivity index (χ3n) is 4.18. The predicted octanol–water partition coefficient (Wildman–Crippen LogP) is 5.48. The van der Waals surface area contributed by atoms with Crippen LogP contribution in [0.5, 0.6) is 0 Å². The van der Waals surface area contributed by atoms with Crippen LogP contribution in [-0.2, 0) is 6.42 Å². The summed E-state index contributed by atoms with van der Waals surface area (Å²) in [6.07, 6.45) is 0.967. The maximum absolute atomic E-state index is 12.5. The van der Waals surface area contributed by atoms with Gasteiger partial charge in [-0.1, -0.05) is 55.5 Å². The molecule has 4 heteroatoms. The standard InChI is InChI=1S/C23H21NO2S/c1-2-17-11-13-20(14-12-17)24-23(26)19-9-6-10-21(15-19)27-16-22(25)18-7-4-3-5-8-18/h3-15H,2,16H2,1H3,(H,24,26). The van der Waals surface area contributed by atoms with Gasteiger partial charge in [0.15, 0.2) is 5.78 Å². The molecule has 0 spiro atoms. The summed E-state index contributed by atoms with van der Waals surface area (Å²) < 4.78 is 0. The maximum Gasteiger partial charge on any atom is 0.255 e. The fourth-order valence-corrected chi connectivity index (χ4v) is 3.46. The highest BCUT2D eigenvalue weighted by molar-refractivity contribution is 8.00. The van der Waals surface area contributed by atoms with E-state index in [0.717, 1.165) is 17.0 Å². The summed E-state index contributed by atoms with van der Waals surface area (Å²) in [5.74, 6) is 0.260. The van der Waals surface area contributed by atoms with Gasteiger partial charge in [0.05, 0.1) is 5.75 Å². The second-order valence-electron chi connectivity index (χ2n) is 6.11. The van der Waals surface area contributed by atoms with Gasteiger partial charge in [-0.25, -0.2) is 0 Å². The van der Waals surface area contributed by atoms with E-state index in [1.54, 1.807) is 6.07 Å². The van der Waals surface area contributed by atoms with Crippen LogP contribution < -0.4 is 5.32 Å². The van der Waals surface area contributed by atoms with Gasteiger partial charge in [0.2, 0.25) is 0 Å². The first-order chi connectivity index (χ1) is 13.2. The molecular formula is C23H21NO2S. The highest BCUT2D eigenvalue weighted by atomic mass is 32.2. The Morgan fingerprint density at radius 2 is 1.56 bits per heavy atom. The summed E-state index contributed by atoms with van der Waals surface area (Å²) >= 11 is 1.44. The Bertz CT molecular complexity index is 921. The fourth-order valence-electron chi connectivity index (χ4n) is 2.61.